The molecule has 0 aliphatic heterocycles. The van der Waals surface area contributed by atoms with Crippen LogP contribution in [0.25, 0.3) is 0 Å². The molecule has 0 unspecified atom stereocenters. The molecular formula is C10H9N3O3S2. The number of nitrogens with zero attached hydrogens (tertiary/aromatic N) is 3. The minimum atomic E-state index is -0.430. The predicted octanol–water partition coefficient (Wildman–Crippen LogP) is 2.75. The maximum Gasteiger partial charge on any atom is 0.294 e. The Morgan fingerprint density at radius 2 is 2.39 bits per heavy atom. The van der Waals surface area contributed by atoms with Crippen molar-refractivity contribution in [3.63, 3.8) is 0 Å². The molecule has 0 saturated heterocycles. The average molecular weight is 283 g/mol. The molecule has 18 heavy (non-hydrogen) atoms. The molecule has 2 aromatic rings. The highest BCUT2D eigenvalue weighted by atomic mass is 32.2. The molecule has 0 amide bonds. The van der Waals surface area contributed by atoms with Gasteiger partial charge in [-0.05, 0) is 11.8 Å². The number of benzene rings is 1. The lowest BCUT2D eigenvalue weighted by Gasteiger charge is -2.01. The number of nitro groups is 1. The SMILES string of the molecule is CSc1nsc(OCc2cccc([N+](=O)[O-])c2)n1. The number of thioether (sulfide) groups is 1. The van der Waals surface area contributed by atoms with Crippen LogP contribution in [0.3, 0.4) is 0 Å². The van der Waals surface area contributed by atoms with Gasteiger partial charge in [0, 0.05) is 23.7 Å². The summed E-state index contributed by atoms with van der Waals surface area (Å²) in [6.45, 7) is 0.241. The van der Waals surface area contributed by atoms with E-state index in [1.165, 1.54) is 35.4 Å². The highest BCUT2D eigenvalue weighted by Gasteiger charge is 2.07. The summed E-state index contributed by atoms with van der Waals surface area (Å²) >= 11 is 2.60. The van der Waals surface area contributed by atoms with Gasteiger partial charge in [-0.1, -0.05) is 23.9 Å². The first-order valence-corrected chi connectivity index (χ1v) is 6.92. The molecule has 0 aliphatic rings. The molecule has 6 nitrogen and oxygen atoms in total. The Labute approximate surface area is 111 Å². The molecule has 0 bridgehead atoms. The van der Waals surface area contributed by atoms with Crippen molar-refractivity contribution < 1.29 is 9.66 Å². The fraction of sp³-hybridized carbons (Fsp3) is 0.200. The van der Waals surface area contributed by atoms with E-state index in [2.05, 4.69) is 9.36 Å². The van der Waals surface area contributed by atoms with Gasteiger partial charge in [0.25, 0.3) is 10.9 Å². The highest BCUT2D eigenvalue weighted by Crippen LogP contribution is 2.21. The van der Waals surface area contributed by atoms with E-state index < -0.39 is 4.92 Å². The Balaban J connectivity index is 2.01. The van der Waals surface area contributed by atoms with E-state index in [1.807, 2.05) is 6.26 Å². The third-order valence-electron chi connectivity index (χ3n) is 2.06. The van der Waals surface area contributed by atoms with Crippen LogP contribution in [0.5, 0.6) is 5.19 Å². The maximum atomic E-state index is 10.6. The smallest absolute Gasteiger partial charge is 0.294 e. The Bertz CT molecular complexity index is 559. The van der Waals surface area contributed by atoms with Crippen molar-refractivity contribution in [1.82, 2.24) is 9.36 Å². The van der Waals surface area contributed by atoms with Gasteiger partial charge in [-0.25, -0.2) is 0 Å². The summed E-state index contributed by atoms with van der Waals surface area (Å²) in [7, 11) is 0. The third-order valence-corrected chi connectivity index (χ3v) is 3.35. The lowest BCUT2D eigenvalue weighted by atomic mass is 10.2. The molecule has 0 saturated carbocycles. The van der Waals surface area contributed by atoms with Gasteiger partial charge in [0.2, 0.25) is 5.16 Å². The van der Waals surface area contributed by atoms with E-state index in [9.17, 15) is 10.1 Å². The number of hydrogen-bond acceptors (Lipinski definition) is 7. The van der Waals surface area contributed by atoms with Crippen molar-refractivity contribution in [2.45, 2.75) is 11.8 Å². The zero-order chi connectivity index (χ0) is 13.0. The summed E-state index contributed by atoms with van der Waals surface area (Å²) in [4.78, 5) is 14.3. The van der Waals surface area contributed by atoms with Crippen molar-refractivity contribution in [3.8, 4) is 5.19 Å². The molecule has 1 aromatic carbocycles. The Morgan fingerprint density at radius 1 is 1.56 bits per heavy atom. The molecule has 1 aromatic heterocycles. The minimum Gasteiger partial charge on any atom is -0.464 e. The summed E-state index contributed by atoms with van der Waals surface area (Å²) < 4.78 is 9.47. The van der Waals surface area contributed by atoms with Crippen molar-refractivity contribution >= 4 is 29.0 Å². The normalized spacial score (nSPS) is 10.3. The van der Waals surface area contributed by atoms with Crippen LogP contribution in [0.2, 0.25) is 0 Å². The molecule has 0 N–H and O–H groups in total. The van der Waals surface area contributed by atoms with Crippen LogP contribution >= 0.6 is 23.3 Å². The lowest BCUT2D eigenvalue weighted by molar-refractivity contribution is -0.384. The standard InChI is InChI=1S/C10H9N3O3S2/c1-17-9-11-10(18-12-9)16-6-7-3-2-4-8(5-7)13(14)15/h2-5H,6H2,1H3. The van der Waals surface area contributed by atoms with Crippen LogP contribution in [0.15, 0.2) is 29.4 Å². The summed E-state index contributed by atoms with van der Waals surface area (Å²) in [5.74, 6) is 0. The maximum absolute atomic E-state index is 10.6. The molecule has 0 fully saturated rings. The van der Waals surface area contributed by atoms with Crippen LogP contribution in [-0.4, -0.2) is 20.5 Å². The largest absolute Gasteiger partial charge is 0.464 e. The molecular weight excluding hydrogens is 274 g/mol. The van der Waals surface area contributed by atoms with Crippen molar-refractivity contribution in [1.29, 1.82) is 0 Å². The minimum absolute atomic E-state index is 0.0539. The van der Waals surface area contributed by atoms with Crippen LogP contribution in [-0.2, 0) is 6.61 Å². The second-order valence-corrected chi connectivity index (χ2v) is 4.75. The predicted molar refractivity (Wildman–Crippen MR) is 69.1 cm³/mol. The Morgan fingerprint density at radius 3 is 3.06 bits per heavy atom. The second-order valence-electron chi connectivity index (χ2n) is 3.26. The number of non-ortho nitro benzene ring substituents is 1. The first-order chi connectivity index (χ1) is 8.69. The van der Waals surface area contributed by atoms with Gasteiger partial charge < -0.3 is 4.74 Å². The number of aromatic nitrogens is 2. The van der Waals surface area contributed by atoms with E-state index in [0.717, 1.165) is 5.56 Å². The van der Waals surface area contributed by atoms with Gasteiger partial charge in [0.15, 0.2) is 0 Å². The molecule has 0 spiro atoms. The van der Waals surface area contributed by atoms with Crippen molar-refractivity contribution in [2.75, 3.05) is 6.26 Å². The zero-order valence-electron chi connectivity index (χ0n) is 9.40. The summed E-state index contributed by atoms with van der Waals surface area (Å²) in [6.07, 6.45) is 1.88. The number of rotatable bonds is 5. The molecule has 0 atom stereocenters. The summed E-state index contributed by atoms with van der Waals surface area (Å²) in [5.41, 5.74) is 0.781. The zero-order valence-corrected chi connectivity index (χ0v) is 11.0. The highest BCUT2D eigenvalue weighted by molar-refractivity contribution is 7.98. The second kappa shape index (κ2) is 5.78. The van der Waals surface area contributed by atoms with E-state index in [0.29, 0.717) is 10.4 Å². The van der Waals surface area contributed by atoms with Gasteiger partial charge in [-0.2, -0.15) is 9.36 Å². The number of nitro benzene ring substituents is 1. The van der Waals surface area contributed by atoms with Crippen LogP contribution < -0.4 is 4.74 Å². The van der Waals surface area contributed by atoms with Gasteiger partial charge in [-0.3, -0.25) is 10.1 Å². The van der Waals surface area contributed by atoms with Gasteiger partial charge in [-0.15, -0.1) is 0 Å². The summed E-state index contributed by atoms with van der Waals surface area (Å²) in [5, 5.41) is 11.7. The topological polar surface area (TPSA) is 78.2 Å². The average Bonchev–Trinajstić information content (AvgIpc) is 2.84. The number of hydrogen-bond donors (Lipinski definition) is 0. The molecule has 0 radical (unpaired) electrons. The third kappa shape index (κ3) is 3.17. The number of ether oxygens (including phenoxy) is 1. The van der Waals surface area contributed by atoms with E-state index in [-0.39, 0.29) is 12.3 Å². The summed E-state index contributed by atoms with van der Waals surface area (Å²) in [6, 6.07) is 6.32. The van der Waals surface area contributed by atoms with E-state index in [4.69, 9.17) is 4.74 Å². The van der Waals surface area contributed by atoms with Crippen LogP contribution in [0.1, 0.15) is 5.56 Å². The lowest BCUT2D eigenvalue weighted by Crippen LogP contribution is -1.96. The Hall–Kier alpha value is -1.67. The van der Waals surface area contributed by atoms with Crippen LogP contribution in [0.4, 0.5) is 5.69 Å². The molecule has 2 rings (SSSR count). The van der Waals surface area contributed by atoms with Gasteiger partial charge in [0.1, 0.15) is 6.61 Å². The van der Waals surface area contributed by atoms with E-state index in [1.54, 1.807) is 12.1 Å². The van der Waals surface area contributed by atoms with Crippen LogP contribution in [0, 0.1) is 10.1 Å². The van der Waals surface area contributed by atoms with Crippen molar-refractivity contribution in [2.24, 2.45) is 0 Å². The molecule has 1 heterocycles. The molecule has 0 aliphatic carbocycles. The first kappa shape index (κ1) is 12.8. The van der Waals surface area contributed by atoms with Crippen molar-refractivity contribution in [3.05, 3.63) is 39.9 Å². The van der Waals surface area contributed by atoms with E-state index >= 15 is 0 Å². The molecule has 8 heteroatoms. The van der Waals surface area contributed by atoms with Gasteiger partial charge in [0.05, 0.1) is 4.92 Å². The Kier molecular flexibility index (Phi) is 4.11. The monoisotopic (exact) mass is 283 g/mol. The quantitative estimate of drug-likeness (QED) is 0.477. The molecule has 94 valence electrons. The fourth-order valence-electron chi connectivity index (χ4n) is 1.24. The fourth-order valence-corrected chi connectivity index (χ4v) is 2.32. The first-order valence-electron chi connectivity index (χ1n) is 4.93. The van der Waals surface area contributed by atoms with Gasteiger partial charge >= 0.3 is 0 Å².